The van der Waals surface area contributed by atoms with E-state index in [4.69, 9.17) is 9.90 Å². The van der Waals surface area contributed by atoms with Gasteiger partial charge in [-0.05, 0) is 12.1 Å². The van der Waals surface area contributed by atoms with Crippen LogP contribution in [0.4, 0.5) is 0 Å². The predicted octanol–water partition coefficient (Wildman–Crippen LogP) is 1.66. The molecule has 0 saturated heterocycles. The number of hydrogen-bond donors (Lipinski definition) is 1. The van der Waals surface area contributed by atoms with E-state index in [2.05, 4.69) is 11.1 Å². The highest BCUT2D eigenvalue weighted by atomic mass is 16.4. The fourth-order valence-electron chi connectivity index (χ4n) is 1.08. The molecule has 4 nitrogen and oxygen atoms in total. The van der Waals surface area contributed by atoms with Crippen molar-refractivity contribution in [2.75, 3.05) is 0 Å². The molecule has 4 heteroatoms. The van der Waals surface area contributed by atoms with E-state index in [1.807, 2.05) is 36.1 Å². The second kappa shape index (κ2) is 4.41. The molecule has 0 amide bonds. The molecule has 0 bridgehead atoms. The molecule has 0 unspecified atom stereocenters. The van der Waals surface area contributed by atoms with Crippen molar-refractivity contribution in [2.45, 2.75) is 6.92 Å². The van der Waals surface area contributed by atoms with Gasteiger partial charge in [0, 0.05) is 14.0 Å². The van der Waals surface area contributed by atoms with E-state index in [1.54, 1.807) is 0 Å². The molecule has 74 valence electrons. The summed E-state index contributed by atoms with van der Waals surface area (Å²) in [7, 11) is 2.00. The summed E-state index contributed by atoms with van der Waals surface area (Å²) in [5, 5.41) is 7.42. The zero-order valence-electron chi connectivity index (χ0n) is 8.14. The second-order valence-corrected chi connectivity index (χ2v) is 2.86. The van der Waals surface area contributed by atoms with Gasteiger partial charge in [-0.15, -0.1) is 0 Å². The van der Waals surface area contributed by atoms with E-state index >= 15 is 0 Å². The second-order valence-electron chi connectivity index (χ2n) is 2.86. The number of carboxylic acid groups (broad SMARTS) is 1. The summed E-state index contributed by atoms with van der Waals surface area (Å²) < 4.78 is 2.01. The Balaban J connectivity index is 0.000000213. The number of hydrogen-bond acceptors (Lipinski definition) is 2. The van der Waals surface area contributed by atoms with Crippen LogP contribution in [0.2, 0.25) is 0 Å². The zero-order chi connectivity index (χ0) is 10.6. The lowest BCUT2D eigenvalue weighted by Gasteiger charge is -1.90. The molecule has 1 heterocycles. The molecule has 0 atom stereocenters. The lowest BCUT2D eigenvalue weighted by Crippen LogP contribution is -1.81. The van der Waals surface area contributed by atoms with Crippen LogP contribution in [-0.4, -0.2) is 20.6 Å². The third-order valence-corrected chi connectivity index (χ3v) is 1.63. The Morgan fingerprint density at radius 2 is 2.00 bits per heavy atom. The number of nitrogens with zero attached hydrogens (tertiary/aromatic N) is 2. The molecule has 0 aliphatic rings. The van der Waals surface area contributed by atoms with Crippen LogP contribution >= 0.6 is 0 Å². The number of benzene rings is 1. The summed E-state index contributed by atoms with van der Waals surface area (Å²) >= 11 is 0. The summed E-state index contributed by atoms with van der Waals surface area (Å²) in [6, 6.07) is 8.08. The van der Waals surface area contributed by atoms with Gasteiger partial charge in [0.1, 0.15) is 0 Å². The van der Waals surface area contributed by atoms with Crippen molar-refractivity contribution in [2.24, 2.45) is 7.05 Å². The van der Waals surface area contributed by atoms with Crippen LogP contribution in [0, 0.1) is 0 Å². The molecule has 0 radical (unpaired) electrons. The molecule has 0 aliphatic heterocycles. The van der Waals surface area contributed by atoms with Crippen LogP contribution in [0.15, 0.2) is 30.6 Å². The standard InChI is InChI=1S/C8H8N2.C2H4O2/c1-10-6-9-7-4-2-3-5-8(7)10;1-2(3)4/h2-6H,1H3;1H3,(H,3,4). The maximum absolute atomic E-state index is 9.00. The predicted molar refractivity (Wildman–Crippen MR) is 54.0 cm³/mol. The Bertz CT molecular complexity index is 430. The van der Waals surface area contributed by atoms with Crippen LogP contribution in [-0.2, 0) is 11.8 Å². The lowest BCUT2D eigenvalue weighted by atomic mass is 10.3. The maximum atomic E-state index is 9.00. The minimum Gasteiger partial charge on any atom is -0.481 e. The van der Waals surface area contributed by atoms with E-state index in [-0.39, 0.29) is 0 Å². The van der Waals surface area contributed by atoms with Crippen molar-refractivity contribution in [3.63, 3.8) is 0 Å². The van der Waals surface area contributed by atoms with Gasteiger partial charge in [-0.3, -0.25) is 4.79 Å². The average Bonchev–Trinajstić information content (AvgIpc) is 2.48. The van der Waals surface area contributed by atoms with Crippen molar-refractivity contribution in [1.82, 2.24) is 9.55 Å². The van der Waals surface area contributed by atoms with Gasteiger partial charge < -0.3 is 9.67 Å². The molecule has 0 saturated carbocycles. The largest absolute Gasteiger partial charge is 0.481 e. The van der Waals surface area contributed by atoms with Gasteiger partial charge in [0.05, 0.1) is 17.4 Å². The zero-order valence-corrected chi connectivity index (χ0v) is 8.14. The molecule has 1 aromatic carbocycles. The smallest absolute Gasteiger partial charge is 0.300 e. The number of aromatic nitrogens is 2. The molecule has 0 spiro atoms. The van der Waals surface area contributed by atoms with Crippen LogP contribution < -0.4 is 0 Å². The topological polar surface area (TPSA) is 55.1 Å². The first-order valence-electron chi connectivity index (χ1n) is 4.17. The number of carbonyl (C=O) groups is 1. The van der Waals surface area contributed by atoms with Gasteiger partial charge in [0.2, 0.25) is 0 Å². The quantitative estimate of drug-likeness (QED) is 0.690. The molecule has 2 rings (SSSR count). The first-order chi connectivity index (χ1) is 6.61. The normalized spacial score (nSPS) is 9.29. The van der Waals surface area contributed by atoms with Gasteiger partial charge >= 0.3 is 0 Å². The van der Waals surface area contributed by atoms with Crippen LogP contribution in [0.25, 0.3) is 11.0 Å². The highest BCUT2D eigenvalue weighted by Gasteiger charge is 1.93. The summed E-state index contributed by atoms with van der Waals surface area (Å²) in [6.07, 6.45) is 1.82. The first kappa shape index (κ1) is 10.2. The van der Waals surface area contributed by atoms with Crippen LogP contribution in [0.1, 0.15) is 6.92 Å². The highest BCUT2D eigenvalue weighted by molar-refractivity contribution is 5.74. The number of carboxylic acids is 1. The molecule has 1 aromatic heterocycles. The van der Waals surface area contributed by atoms with Crippen molar-refractivity contribution in [3.05, 3.63) is 30.6 Å². The molecule has 1 N–H and O–H groups in total. The van der Waals surface area contributed by atoms with E-state index in [0.717, 1.165) is 12.4 Å². The summed E-state index contributed by atoms with van der Waals surface area (Å²) in [6.45, 7) is 1.08. The van der Waals surface area contributed by atoms with E-state index in [0.29, 0.717) is 0 Å². The first-order valence-corrected chi connectivity index (χ1v) is 4.17. The van der Waals surface area contributed by atoms with Gasteiger partial charge in [-0.25, -0.2) is 4.98 Å². The molecular weight excluding hydrogens is 180 g/mol. The van der Waals surface area contributed by atoms with Gasteiger partial charge in [-0.1, -0.05) is 12.1 Å². The number of aryl methyl sites for hydroxylation is 1. The van der Waals surface area contributed by atoms with Crippen LogP contribution in [0.3, 0.4) is 0 Å². The van der Waals surface area contributed by atoms with Crippen molar-refractivity contribution in [1.29, 1.82) is 0 Å². The molecule has 0 fully saturated rings. The van der Waals surface area contributed by atoms with E-state index in [9.17, 15) is 0 Å². The van der Waals surface area contributed by atoms with Crippen molar-refractivity contribution >= 4 is 17.0 Å². The highest BCUT2D eigenvalue weighted by Crippen LogP contribution is 2.08. The minimum absolute atomic E-state index is 0.833. The molecule has 2 aromatic rings. The van der Waals surface area contributed by atoms with E-state index < -0.39 is 5.97 Å². The lowest BCUT2D eigenvalue weighted by molar-refractivity contribution is -0.134. The monoisotopic (exact) mass is 192 g/mol. The van der Waals surface area contributed by atoms with Gasteiger partial charge in [0.25, 0.3) is 5.97 Å². The molecular formula is C10H12N2O2. The molecule has 0 aliphatic carbocycles. The Morgan fingerprint density at radius 3 is 2.57 bits per heavy atom. The van der Waals surface area contributed by atoms with E-state index in [1.165, 1.54) is 5.52 Å². The Labute approximate surface area is 81.8 Å². The third kappa shape index (κ3) is 2.58. The third-order valence-electron chi connectivity index (χ3n) is 1.63. The van der Waals surface area contributed by atoms with Crippen molar-refractivity contribution < 1.29 is 9.90 Å². The molecule has 14 heavy (non-hydrogen) atoms. The summed E-state index contributed by atoms with van der Waals surface area (Å²) in [4.78, 5) is 13.2. The number of para-hydroxylation sites is 2. The minimum atomic E-state index is -0.833. The number of rotatable bonds is 0. The Hall–Kier alpha value is -1.84. The fourth-order valence-corrected chi connectivity index (χ4v) is 1.08. The number of fused-ring (bicyclic) bond motifs is 1. The SMILES string of the molecule is CC(=O)O.Cn1cnc2ccccc21. The summed E-state index contributed by atoms with van der Waals surface area (Å²) in [5.41, 5.74) is 2.24. The maximum Gasteiger partial charge on any atom is 0.300 e. The number of imidazole rings is 1. The number of aliphatic carboxylic acids is 1. The summed E-state index contributed by atoms with van der Waals surface area (Å²) in [5.74, 6) is -0.833. The van der Waals surface area contributed by atoms with Crippen LogP contribution in [0.5, 0.6) is 0 Å². The van der Waals surface area contributed by atoms with Gasteiger partial charge in [0.15, 0.2) is 0 Å². The van der Waals surface area contributed by atoms with Gasteiger partial charge in [-0.2, -0.15) is 0 Å². The fraction of sp³-hybridized carbons (Fsp3) is 0.200. The Kier molecular flexibility index (Phi) is 3.23. The Morgan fingerprint density at radius 1 is 1.43 bits per heavy atom. The van der Waals surface area contributed by atoms with Crippen molar-refractivity contribution in [3.8, 4) is 0 Å². The average molecular weight is 192 g/mol.